The van der Waals surface area contributed by atoms with E-state index >= 15 is 0 Å². The summed E-state index contributed by atoms with van der Waals surface area (Å²) in [4.78, 5) is 0. The molecule has 1 nitrogen and oxygen atoms in total. The van der Waals surface area contributed by atoms with Crippen molar-refractivity contribution in [3.63, 3.8) is 0 Å². The molecule has 1 rings (SSSR count). The minimum absolute atomic E-state index is 0.0826. The average molecular weight is 189 g/mol. The van der Waals surface area contributed by atoms with E-state index in [9.17, 15) is 13.2 Å². The summed E-state index contributed by atoms with van der Waals surface area (Å²) in [5.41, 5.74) is 5.99. The molecular formula is C9H10F3N. The number of anilines is 1. The van der Waals surface area contributed by atoms with E-state index in [1.165, 1.54) is 12.1 Å². The van der Waals surface area contributed by atoms with Gasteiger partial charge in [0.05, 0.1) is 0 Å². The van der Waals surface area contributed by atoms with Crippen LogP contribution in [0.25, 0.3) is 0 Å². The van der Waals surface area contributed by atoms with E-state index in [-0.39, 0.29) is 22.4 Å². The van der Waals surface area contributed by atoms with Crippen LogP contribution in [-0.4, -0.2) is 0 Å². The maximum absolute atomic E-state index is 12.4. The van der Waals surface area contributed by atoms with Crippen molar-refractivity contribution in [1.82, 2.24) is 0 Å². The topological polar surface area (TPSA) is 26.0 Å². The smallest absolute Gasteiger partial charge is 0.115 e. The second kappa shape index (κ2) is 4.16. The summed E-state index contributed by atoms with van der Waals surface area (Å²) in [6.07, 6.45) is 0. The molecule has 0 bridgehead atoms. The van der Waals surface area contributed by atoms with Crippen molar-refractivity contribution >= 4 is 5.69 Å². The number of halogens is 3. The van der Waals surface area contributed by atoms with Crippen molar-refractivity contribution in [2.75, 3.05) is 5.73 Å². The lowest BCUT2D eigenvalue weighted by molar-refractivity contribution is 0.437. The minimum Gasteiger partial charge on any atom is -0.399 e. The normalized spacial score (nSPS) is 10.4. The molecule has 0 atom stereocenters. The second-order valence-corrected chi connectivity index (χ2v) is 2.72. The molecule has 0 saturated heterocycles. The molecule has 0 amide bonds. The first kappa shape index (κ1) is 9.89. The van der Waals surface area contributed by atoms with Crippen molar-refractivity contribution in [3.05, 3.63) is 28.8 Å². The van der Waals surface area contributed by atoms with Crippen LogP contribution in [0.5, 0.6) is 0 Å². The number of alkyl halides is 3. The number of rotatable bonds is 3. The molecule has 0 heterocycles. The largest absolute Gasteiger partial charge is 0.399 e. The molecule has 0 spiro atoms. The zero-order chi connectivity index (χ0) is 9.84. The van der Waals surface area contributed by atoms with E-state index < -0.39 is 20.0 Å². The van der Waals surface area contributed by atoms with Gasteiger partial charge in [0.25, 0.3) is 0 Å². The van der Waals surface area contributed by atoms with Gasteiger partial charge in [-0.15, -0.1) is 0 Å². The Morgan fingerprint density at radius 1 is 0.923 bits per heavy atom. The van der Waals surface area contributed by atoms with E-state index in [4.69, 9.17) is 5.73 Å². The first-order valence-electron chi connectivity index (χ1n) is 3.81. The van der Waals surface area contributed by atoms with Gasteiger partial charge in [-0.1, -0.05) is 0 Å². The van der Waals surface area contributed by atoms with Crippen molar-refractivity contribution in [2.24, 2.45) is 0 Å². The van der Waals surface area contributed by atoms with Crippen LogP contribution in [0.2, 0.25) is 0 Å². The van der Waals surface area contributed by atoms with Crippen LogP contribution in [0.4, 0.5) is 18.9 Å². The first-order chi connectivity index (χ1) is 6.22. The van der Waals surface area contributed by atoms with Gasteiger partial charge in [0, 0.05) is 5.69 Å². The van der Waals surface area contributed by atoms with Gasteiger partial charge in [0.2, 0.25) is 0 Å². The molecule has 72 valence electrons. The molecule has 0 radical (unpaired) electrons. The lowest BCUT2D eigenvalue weighted by Crippen LogP contribution is -1.99. The predicted octanol–water partition coefficient (Wildman–Crippen LogP) is 2.68. The lowest BCUT2D eigenvalue weighted by atomic mass is 10.0. The Morgan fingerprint density at radius 2 is 1.38 bits per heavy atom. The molecule has 0 unspecified atom stereocenters. The molecule has 0 aliphatic heterocycles. The van der Waals surface area contributed by atoms with Crippen LogP contribution in [0.3, 0.4) is 0 Å². The van der Waals surface area contributed by atoms with E-state index in [1.807, 2.05) is 0 Å². The quantitative estimate of drug-likeness (QED) is 0.727. The number of hydrogen-bond acceptors (Lipinski definition) is 1. The number of benzene rings is 1. The summed E-state index contributed by atoms with van der Waals surface area (Å²) in [7, 11) is 0. The van der Waals surface area contributed by atoms with Crippen LogP contribution >= 0.6 is 0 Å². The van der Waals surface area contributed by atoms with Crippen LogP contribution in [0, 0.1) is 0 Å². The molecule has 0 aromatic heterocycles. The van der Waals surface area contributed by atoms with Crippen molar-refractivity contribution in [3.8, 4) is 0 Å². The summed E-state index contributed by atoms with van der Waals surface area (Å²) in [6.45, 7) is -2.51. The molecule has 1 aromatic carbocycles. The third kappa shape index (κ3) is 1.94. The SMILES string of the molecule is Nc1cc(CF)c(CF)c(CF)c1. The Labute approximate surface area is 74.4 Å². The van der Waals surface area contributed by atoms with Gasteiger partial charge < -0.3 is 5.73 Å². The molecule has 4 heteroatoms. The molecule has 2 N–H and O–H groups in total. The molecule has 0 saturated carbocycles. The Morgan fingerprint density at radius 3 is 1.69 bits per heavy atom. The van der Waals surface area contributed by atoms with Crippen LogP contribution < -0.4 is 5.73 Å². The van der Waals surface area contributed by atoms with Gasteiger partial charge >= 0.3 is 0 Å². The van der Waals surface area contributed by atoms with Crippen molar-refractivity contribution in [2.45, 2.75) is 20.0 Å². The van der Waals surface area contributed by atoms with E-state index in [0.29, 0.717) is 0 Å². The van der Waals surface area contributed by atoms with Gasteiger partial charge in [0.15, 0.2) is 0 Å². The van der Waals surface area contributed by atoms with Crippen molar-refractivity contribution in [1.29, 1.82) is 0 Å². The van der Waals surface area contributed by atoms with Crippen LogP contribution in [-0.2, 0) is 20.0 Å². The monoisotopic (exact) mass is 189 g/mol. The predicted molar refractivity (Wildman–Crippen MR) is 45.3 cm³/mol. The summed E-state index contributed by atoms with van der Waals surface area (Å²) in [5, 5.41) is 0. The zero-order valence-corrected chi connectivity index (χ0v) is 6.99. The Hall–Kier alpha value is -1.19. The van der Waals surface area contributed by atoms with Gasteiger partial charge in [0.1, 0.15) is 20.0 Å². The fraction of sp³-hybridized carbons (Fsp3) is 0.333. The summed E-state index contributed by atoms with van der Waals surface area (Å²) < 4.78 is 37.0. The maximum Gasteiger partial charge on any atom is 0.115 e. The van der Waals surface area contributed by atoms with Gasteiger partial charge in [-0.05, 0) is 28.8 Å². The van der Waals surface area contributed by atoms with E-state index in [0.717, 1.165) is 0 Å². The van der Waals surface area contributed by atoms with Gasteiger partial charge in [-0.25, -0.2) is 13.2 Å². The molecule has 13 heavy (non-hydrogen) atoms. The third-order valence-corrected chi connectivity index (χ3v) is 1.88. The summed E-state index contributed by atoms with van der Waals surface area (Å²) in [6, 6.07) is 2.65. The van der Waals surface area contributed by atoms with Gasteiger partial charge in [-0.3, -0.25) is 0 Å². The Balaban J connectivity index is 3.25. The molecule has 0 fully saturated rings. The first-order valence-corrected chi connectivity index (χ1v) is 3.81. The fourth-order valence-electron chi connectivity index (χ4n) is 1.23. The highest BCUT2D eigenvalue weighted by Gasteiger charge is 2.09. The number of hydrogen-bond donors (Lipinski definition) is 1. The van der Waals surface area contributed by atoms with Crippen LogP contribution in [0.15, 0.2) is 12.1 Å². The standard InChI is InChI=1S/C9H10F3N/c10-3-6-1-8(13)2-7(4-11)9(6)5-12/h1-2H,3-5,13H2. The minimum atomic E-state index is -0.862. The molecular weight excluding hydrogens is 179 g/mol. The maximum atomic E-state index is 12.4. The average Bonchev–Trinajstić information content (AvgIpc) is 2.16. The highest BCUT2D eigenvalue weighted by molar-refractivity contribution is 5.49. The molecule has 1 aromatic rings. The lowest BCUT2D eigenvalue weighted by Gasteiger charge is -2.08. The van der Waals surface area contributed by atoms with E-state index in [2.05, 4.69) is 0 Å². The highest BCUT2D eigenvalue weighted by Crippen LogP contribution is 2.22. The van der Waals surface area contributed by atoms with Crippen LogP contribution in [0.1, 0.15) is 16.7 Å². The zero-order valence-electron chi connectivity index (χ0n) is 6.99. The highest BCUT2D eigenvalue weighted by atomic mass is 19.1. The Kier molecular flexibility index (Phi) is 3.17. The van der Waals surface area contributed by atoms with E-state index in [1.54, 1.807) is 0 Å². The summed E-state index contributed by atoms with van der Waals surface area (Å²) >= 11 is 0. The third-order valence-electron chi connectivity index (χ3n) is 1.88. The fourth-order valence-corrected chi connectivity index (χ4v) is 1.23. The van der Waals surface area contributed by atoms with Gasteiger partial charge in [-0.2, -0.15) is 0 Å². The Bertz CT molecular complexity index is 274. The second-order valence-electron chi connectivity index (χ2n) is 2.72. The molecule has 0 aliphatic rings. The summed E-state index contributed by atoms with van der Waals surface area (Å²) in [5.74, 6) is 0. The van der Waals surface area contributed by atoms with Crippen molar-refractivity contribution < 1.29 is 13.2 Å². The number of nitrogen functional groups attached to an aromatic ring is 1. The number of nitrogens with two attached hydrogens (primary N) is 1. The molecule has 0 aliphatic carbocycles.